The quantitative estimate of drug-likeness (QED) is 0.168. The van der Waals surface area contributed by atoms with Crippen LogP contribution in [0.4, 0.5) is 0 Å². The molecule has 4 amide bonds. The third kappa shape index (κ3) is 3.86. The molecule has 0 bridgehead atoms. The maximum atomic E-state index is 12.1. The summed E-state index contributed by atoms with van der Waals surface area (Å²) in [4.78, 5) is 59.1. The summed E-state index contributed by atoms with van der Waals surface area (Å²) >= 11 is 0. The van der Waals surface area contributed by atoms with Gasteiger partial charge in [0, 0.05) is 25.1 Å². The zero-order valence-corrected chi connectivity index (χ0v) is 14.2. The molecular formula is C14H16N2O9S. The Labute approximate surface area is 147 Å². The van der Waals surface area contributed by atoms with E-state index < -0.39 is 55.8 Å². The second-order valence-electron chi connectivity index (χ2n) is 5.84. The molecule has 0 radical (unpaired) electrons. The maximum absolute atomic E-state index is 12.1. The van der Waals surface area contributed by atoms with Gasteiger partial charge >= 0.3 is 0 Å². The van der Waals surface area contributed by atoms with E-state index >= 15 is 0 Å². The van der Waals surface area contributed by atoms with Crippen LogP contribution in [0.25, 0.3) is 0 Å². The Kier molecular flexibility index (Phi) is 5.68. The number of Topliss-reactive ketones (excluding diaryl/α,β-unsaturated/α-hetero) is 1. The molecule has 2 rings (SSSR count). The molecule has 142 valence electrons. The number of carbonyl (C=O) groups excluding carboxylic acids is 5. The van der Waals surface area contributed by atoms with Crippen LogP contribution in [0.3, 0.4) is 0 Å². The van der Waals surface area contributed by atoms with Gasteiger partial charge < -0.3 is 0 Å². The SMILES string of the molecule is O=C(CCCCCN1C(=O)C=CC1=O)C1C(=O)N(O)C(=O)C1S(=O)(=O)O. The van der Waals surface area contributed by atoms with E-state index in [0.717, 1.165) is 17.1 Å². The number of nitrogens with zero attached hydrogens (tertiary/aromatic N) is 2. The van der Waals surface area contributed by atoms with E-state index in [1.165, 1.54) is 0 Å². The van der Waals surface area contributed by atoms with Gasteiger partial charge in [-0.15, -0.1) is 0 Å². The van der Waals surface area contributed by atoms with Gasteiger partial charge in [-0.1, -0.05) is 6.42 Å². The van der Waals surface area contributed by atoms with Gasteiger partial charge in [0.15, 0.2) is 5.25 Å². The Morgan fingerprint density at radius 2 is 1.58 bits per heavy atom. The predicted octanol–water partition coefficient (Wildman–Crippen LogP) is -1.33. The molecule has 11 nitrogen and oxygen atoms in total. The lowest BCUT2D eigenvalue weighted by Gasteiger charge is -2.13. The first kappa shape index (κ1) is 19.9. The number of hydroxylamine groups is 2. The van der Waals surface area contributed by atoms with E-state index in [-0.39, 0.29) is 19.4 Å². The van der Waals surface area contributed by atoms with Crippen molar-refractivity contribution in [3.8, 4) is 0 Å². The minimum atomic E-state index is -5.05. The lowest BCUT2D eigenvalue weighted by molar-refractivity contribution is -0.172. The molecule has 0 aromatic rings. The van der Waals surface area contributed by atoms with Crippen LogP contribution in [-0.4, -0.2) is 69.3 Å². The van der Waals surface area contributed by atoms with Crippen LogP contribution in [0.15, 0.2) is 12.2 Å². The molecular weight excluding hydrogens is 372 g/mol. The number of imide groups is 2. The average molecular weight is 388 g/mol. The standard InChI is InChI=1S/C14H16N2O9S/c17-8(4-2-1-3-7-15-9(18)5-6-10(15)19)11-12(26(23,24)25)14(21)16(22)13(11)20/h5-6,11-12,22H,1-4,7H2,(H,23,24,25). The van der Waals surface area contributed by atoms with Gasteiger partial charge in [-0.2, -0.15) is 13.5 Å². The Hall–Kier alpha value is -2.44. The van der Waals surface area contributed by atoms with Crippen molar-refractivity contribution in [2.75, 3.05) is 6.54 Å². The van der Waals surface area contributed by atoms with Gasteiger partial charge in [0.25, 0.3) is 33.7 Å². The van der Waals surface area contributed by atoms with Crippen molar-refractivity contribution in [3.63, 3.8) is 0 Å². The predicted molar refractivity (Wildman–Crippen MR) is 81.8 cm³/mol. The minimum absolute atomic E-state index is 0.151. The van der Waals surface area contributed by atoms with E-state index in [1.54, 1.807) is 0 Å². The van der Waals surface area contributed by atoms with E-state index in [4.69, 9.17) is 4.55 Å². The first-order valence-electron chi connectivity index (χ1n) is 7.65. The summed E-state index contributed by atoms with van der Waals surface area (Å²) < 4.78 is 31.6. The number of unbranched alkanes of at least 4 members (excludes halogenated alkanes) is 2. The summed E-state index contributed by atoms with van der Waals surface area (Å²) in [6.45, 7) is 0.151. The highest BCUT2D eigenvalue weighted by atomic mass is 32.2. The van der Waals surface area contributed by atoms with Crippen LogP contribution in [0, 0.1) is 5.92 Å². The third-order valence-electron chi connectivity index (χ3n) is 4.10. The van der Waals surface area contributed by atoms with Crippen LogP contribution in [0.2, 0.25) is 0 Å². The monoisotopic (exact) mass is 388 g/mol. The van der Waals surface area contributed by atoms with Crippen molar-refractivity contribution in [2.24, 2.45) is 5.92 Å². The summed E-state index contributed by atoms with van der Waals surface area (Å²) in [7, 11) is -5.05. The molecule has 2 unspecified atom stereocenters. The zero-order chi connectivity index (χ0) is 19.6. The summed E-state index contributed by atoms with van der Waals surface area (Å²) in [5.74, 6) is -6.73. The van der Waals surface area contributed by atoms with E-state index in [2.05, 4.69) is 0 Å². The average Bonchev–Trinajstić information content (AvgIpc) is 2.98. The zero-order valence-electron chi connectivity index (χ0n) is 13.4. The van der Waals surface area contributed by atoms with Crippen molar-refractivity contribution >= 4 is 39.5 Å². The van der Waals surface area contributed by atoms with E-state index in [1.807, 2.05) is 0 Å². The highest BCUT2D eigenvalue weighted by Gasteiger charge is 2.56. The number of rotatable bonds is 8. The molecule has 0 aliphatic carbocycles. The molecule has 0 aromatic carbocycles. The van der Waals surface area contributed by atoms with Crippen molar-refractivity contribution in [3.05, 3.63) is 12.2 Å². The number of ketones is 1. The smallest absolute Gasteiger partial charge is 0.278 e. The fourth-order valence-corrected chi connectivity index (χ4v) is 3.76. The topological polar surface area (TPSA) is 166 Å². The van der Waals surface area contributed by atoms with Crippen molar-refractivity contribution in [1.82, 2.24) is 9.96 Å². The molecule has 2 N–H and O–H groups in total. The van der Waals surface area contributed by atoms with Crippen molar-refractivity contribution < 1.29 is 42.2 Å². The first-order valence-corrected chi connectivity index (χ1v) is 9.15. The van der Waals surface area contributed by atoms with E-state index in [0.29, 0.717) is 12.8 Å². The Balaban J connectivity index is 1.87. The van der Waals surface area contributed by atoms with Crippen LogP contribution in [0.5, 0.6) is 0 Å². The molecule has 0 aromatic heterocycles. The highest BCUT2D eigenvalue weighted by molar-refractivity contribution is 7.87. The molecule has 12 heteroatoms. The van der Waals surface area contributed by atoms with Crippen molar-refractivity contribution in [1.29, 1.82) is 0 Å². The van der Waals surface area contributed by atoms with Gasteiger partial charge in [-0.25, -0.2) is 0 Å². The molecule has 26 heavy (non-hydrogen) atoms. The second-order valence-corrected chi connectivity index (χ2v) is 7.38. The minimum Gasteiger partial charge on any atom is -0.299 e. The molecule has 2 atom stereocenters. The molecule has 2 aliphatic heterocycles. The van der Waals surface area contributed by atoms with Crippen LogP contribution in [0.1, 0.15) is 25.7 Å². The van der Waals surface area contributed by atoms with E-state index in [9.17, 15) is 37.6 Å². The van der Waals surface area contributed by atoms with Crippen LogP contribution >= 0.6 is 0 Å². The summed E-state index contributed by atoms with van der Waals surface area (Å²) in [5.41, 5.74) is 0. The fourth-order valence-electron chi connectivity index (χ4n) is 2.79. The van der Waals surface area contributed by atoms with Crippen LogP contribution < -0.4 is 0 Å². The fraction of sp³-hybridized carbons (Fsp3) is 0.500. The van der Waals surface area contributed by atoms with Gasteiger partial charge in [0.1, 0.15) is 11.7 Å². The molecule has 0 saturated carbocycles. The lowest BCUT2D eigenvalue weighted by atomic mass is 9.97. The molecule has 2 heterocycles. The van der Waals surface area contributed by atoms with Gasteiger partial charge in [0.05, 0.1) is 0 Å². The lowest BCUT2D eigenvalue weighted by Crippen LogP contribution is -2.37. The number of hydrogen-bond donors (Lipinski definition) is 2. The third-order valence-corrected chi connectivity index (χ3v) is 5.22. The number of hydrogen-bond acceptors (Lipinski definition) is 8. The summed E-state index contributed by atoms with van der Waals surface area (Å²) in [6, 6.07) is 0. The van der Waals surface area contributed by atoms with Gasteiger partial charge in [0.2, 0.25) is 0 Å². The van der Waals surface area contributed by atoms with Gasteiger partial charge in [-0.3, -0.25) is 38.6 Å². The maximum Gasteiger partial charge on any atom is 0.278 e. The Morgan fingerprint density at radius 1 is 1.00 bits per heavy atom. The van der Waals surface area contributed by atoms with Crippen LogP contribution in [-0.2, 0) is 34.1 Å². The first-order chi connectivity index (χ1) is 12.1. The largest absolute Gasteiger partial charge is 0.299 e. The van der Waals surface area contributed by atoms with Gasteiger partial charge in [-0.05, 0) is 12.8 Å². The highest BCUT2D eigenvalue weighted by Crippen LogP contribution is 2.27. The molecule has 2 aliphatic rings. The summed E-state index contributed by atoms with van der Waals surface area (Å²) in [5, 5.41) is 6.41. The second kappa shape index (κ2) is 7.43. The molecule has 1 fully saturated rings. The van der Waals surface area contributed by atoms with Crippen molar-refractivity contribution in [2.45, 2.75) is 30.9 Å². The number of carbonyl (C=O) groups is 5. The summed E-state index contributed by atoms with van der Waals surface area (Å²) in [6.07, 6.45) is 2.98. The Bertz CT molecular complexity index is 783. The Morgan fingerprint density at radius 3 is 2.12 bits per heavy atom. The molecule has 0 spiro atoms. The normalized spacial score (nSPS) is 23.5. The molecule has 1 saturated heterocycles. The number of amides is 4.